The highest BCUT2D eigenvalue weighted by Crippen LogP contribution is 2.38. The minimum Gasteiger partial charge on any atom is -0.369 e. The molecule has 0 bridgehead atoms. The first-order valence-corrected chi connectivity index (χ1v) is 6.48. The molecule has 0 saturated carbocycles. The molecule has 0 aromatic carbocycles. The number of hydrogen-bond donors (Lipinski definition) is 2. The van der Waals surface area contributed by atoms with Gasteiger partial charge in [-0.15, -0.1) is 11.3 Å². The minimum atomic E-state index is -0.374. The third kappa shape index (κ3) is 1.43. The van der Waals surface area contributed by atoms with Crippen LogP contribution < -0.4 is 10.6 Å². The monoisotopic (exact) mass is 237 g/mol. The van der Waals surface area contributed by atoms with E-state index in [0.29, 0.717) is 0 Å². The van der Waals surface area contributed by atoms with Crippen LogP contribution >= 0.6 is 11.3 Å². The molecule has 5 heteroatoms. The molecule has 1 aromatic rings. The van der Waals surface area contributed by atoms with Crippen molar-refractivity contribution in [2.24, 2.45) is 0 Å². The molecule has 1 spiro atoms. The summed E-state index contributed by atoms with van der Waals surface area (Å²) >= 11 is 1.62. The molecule has 0 radical (unpaired) electrons. The van der Waals surface area contributed by atoms with Crippen LogP contribution in [0.2, 0.25) is 0 Å². The Morgan fingerprint density at radius 2 is 2.00 bits per heavy atom. The van der Waals surface area contributed by atoms with Gasteiger partial charge in [0.25, 0.3) is 0 Å². The van der Waals surface area contributed by atoms with Crippen molar-refractivity contribution in [1.82, 2.24) is 4.90 Å². The summed E-state index contributed by atoms with van der Waals surface area (Å²) in [5.74, 6) is 0.131. The molecule has 2 aliphatic rings. The van der Waals surface area contributed by atoms with E-state index >= 15 is 0 Å². The van der Waals surface area contributed by atoms with Crippen LogP contribution in [0.5, 0.6) is 0 Å². The summed E-state index contributed by atoms with van der Waals surface area (Å²) in [4.78, 5) is 14.4. The summed E-state index contributed by atoms with van der Waals surface area (Å²) in [5.41, 5.74) is 1.63. The number of hydrogen-bond acceptors (Lipinski definition) is 4. The average molecular weight is 237 g/mol. The van der Waals surface area contributed by atoms with Gasteiger partial charge in [-0.05, 0) is 19.9 Å². The number of carbonyl (C=O) groups is 1. The van der Waals surface area contributed by atoms with Crippen LogP contribution in [-0.2, 0) is 4.79 Å². The summed E-state index contributed by atoms with van der Waals surface area (Å²) < 4.78 is 0. The number of rotatable bonds is 0. The molecule has 2 aliphatic heterocycles. The zero-order valence-corrected chi connectivity index (χ0v) is 10.1. The molecule has 0 unspecified atom stereocenters. The molecule has 3 rings (SSSR count). The van der Waals surface area contributed by atoms with Crippen molar-refractivity contribution < 1.29 is 4.79 Å². The maximum absolute atomic E-state index is 12.2. The van der Waals surface area contributed by atoms with Gasteiger partial charge >= 0.3 is 0 Å². The zero-order chi connectivity index (χ0) is 11.2. The lowest BCUT2D eigenvalue weighted by Gasteiger charge is -2.42. The molecule has 2 N–H and O–H groups in total. The van der Waals surface area contributed by atoms with Gasteiger partial charge in [0.1, 0.15) is 5.54 Å². The first-order valence-electron chi connectivity index (χ1n) is 5.54. The molecule has 1 aromatic heterocycles. The maximum atomic E-state index is 12.2. The fourth-order valence-corrected chi connectivity index (χ4v) is 3.11. The highest BCUT2D eigenvalue weighted by atomic mass is 32.1. The van der Waals surface area contributed by atoms with E-state index in [0.717, 1.165) is 37.3 Å². The van der Waals surface area contributed by atoms with Crippen LogP contribution in [0.3, 0.4) is 0 Å². The summed E-state index contributed by atoms with van der Waals surface area (Å²) in [6, 6.07) is 0. The standard InChI is InChI=1S/C11H15N3OS/c1-14-4-2-11(3-5-14)10(15)12-8-6-16-7-9(8)13-11/h6-7,13H,2-5H2,1H3,(H,12,15). The Morgan fingerprint density at radius 3 is 2.75 bits per heavy atom. The molecule has 0 atom stereocenters. The van der Waals surface area contributed by atoms with Crippen molar-refractivity contribution in [2.45, 2.75) is 18.4 Å². The third-order valence-corrected chi connectivity index (χ3v) is 4.30. The normalized spacial score (nSPS) is 23.7. The van der Waals surface area contributed by atoms with Gasteiger partial charge in [-0.2, -0.15) is 0 Å². The van der Waals surface area contributed by atoms with Gasteiger partial charge in [-0.1, -0.05) is 0 Å². The van der Waals surface area contributed by atoms with Gasteiger partial charge in [0, 0.05) is 23.8 Å². The number of thiophene rings is 1. The van der Waals surface area contributed by atoms with Crippen molar-refractivity contribution in [3.63, 3.8) is 0 Å². The number of likely N-dealkylation sites (tertiary alicyclic amines) is 1. The second kappa shape index (κ2) is 3.46. The van der Waals surface area contributed by atoms with E-state index in [-0.39, 0.29) is 11.4 Å². The molecule has 1 saturated heterocycles. The lowest BCUT2D eigenvalue weighted by atomic mass is 9.85. The highest BCUT2D eigenvalue weighted by molar-refractivity contribution is 7.09. The Hall–Kier alpha value is -1.07. The van der Waals surface area contributed by atoms with E-state index in [2.05, 4.69) is 28.0 Å². The fourth-order valence-electron chi connectivity index (χ4n) is 2.40. The third-order valence-electron chi connectivity index (χ3n) is 3.56. The van der Waals surface area contributed by atoms with Crippen molar-refractivity contribution in [3.8, 4) is 0 Å². The summed E-state index contributed by atoms with van der Waals surface area (Å²) in [7, 11) is 2.10. The van der Waals surface area contributed by atoms with Crippen molar-refractivity contribution in [3.05, 3.63) is 10.8 Å². The summed E-state index contributed by atoms with van der Waals surface area (Å²) in [6.45, 7) is 1.94. The average Bonchev–Trinajstić information content (AvgIpc) is 2.70. The second-order valence-corrected chi connectivity index (χ2v) is 5.41. The van der Waals surface area contributed by atoms with E-state index < -0.39 is 0 Å². The first-order chi connectivity index (χ1) is 7.70. The predicted molar refractivity (Wildman–Crippen MR) is 66.0 cm³/mol. The first kappa shape index (κ1) is 10.1. The van der Waals surface area contributed by atoms with E-state index in [4.69, 9.17) is 0 Å². The summed E-state index contributed by atoms with van der Waals surface area (Å²) in [5, 5.41) is 10.5. The molecular formula is C11H15N3OS. The Kier molecular flexibility index (Phi) is 2.19. The summed E-state index contributed by atoms with van der Waals surface area (Å²) in [6.07, 6.45) is 1.76. The van der Waals surface area contributed by atoms with Crippen molar-refractivity contribution >= 4 is 28.6 Å². The van der Waals surface area contributed by atoms with Crippen LogP contribution in [0.25, 0.3) is 0 Å². The number of anilines is 2. The van der Waals surface area contributed by atoms with Gasteiger partial charge in [0.15, 0.2) is 0 Å². The van der Waals surface area contributed by atoms with Crippen LogP contribution in [-0.4, -0.2) is 36.5 Å². The molecular weight excluding hydrogens is 222 g/mol. The number of nitrogens with one attached hydrogen (secondary N) is 2. The molecule has 1 amide bonds. The van der Waals surface area contributed by atoms with E-state index in [9.17, 15) is 4.79 Å². The molecule has 1 fully saturated rings. The lowest BCUT2D eigenvalue weighted by molar-refractivity contribution is -0.122. The highest BCUT2D eigenvalue weighted by Gasteiger charge is 2.43. The molecule has 16 heavy (non-hydrogen) atoms. The predicted octanol–water partition coefficient (Wildman–Crippen LogP) is 1.58. The van der Waals surface area contributed by atoms with Crippen LogP contribution in [0.1, 0.15) is 12.8 Å². The Morgan fingerprint density at radius 1 is 1.31 bits per heavy atom. The van der Waals surface area contributed by atoms with E-state index in [1.165, 1.54) is 0 Å². The van der Waals surface area contributed by atoms with Gasteiger partial charge in [-0.3, -0.25) is 4.79 Å². The zero-order valence-electron chi connectivity index (χ0n) is 9.25. The number of fused-ring (bicyclic) bond motifs is 1. The topological polar surface area (TPSA) is 44.4 Å². The fraction of sp³-hybridized carbons (Fsp3) is 0.545. The van der Waals surface area contributed by atoms with Gasteiger partial charge in [-0.25, -0.2) is 0 Å². The van der Waals surface area contributed by atoms with Crippen LogP contribution in [0.4, 0.5) is 11.4 Å². The Labute approximate surface area is 98.6 Å². The molecule has 0 aliphatic carbocycles. The van der Waals surface area contributed by atoms with Crippen LogP contribution in [0.15, 0.2) is 10.8 Å². The lowest BCUT2D eigenvalue weighted by Crippen LogP contribution is -2.57. The number of piperidine rings is 1. The van der Waals surface area contributed by atoms with E-state index in [1.54, 1.807) is 11.3 Å². The van der Waals surface area contributed by atoms with E-state index in [1.807, 2.05) is 5.38 Å². The molecule has 86 valence electrons. The molecule has 3 heterocycles. The SMILES string of the molecule is CN1CCC2(CC1)Nc1cscc1NC2=O. The van der Waals surface area contributed by atoms with Crippen LogP contribution in [0, 0.1) is 0 Å². The second-order valence-electron chi connectivity index (χ2n) is 4.66. The Balaban J connectivity index is 1.90. The quantitative estimate of drug-likeness (QED) is 0.720. The minimum absolute atomic E-state index is 0.131. The van der Waals surface area contributed by atoms with Gasteiger partial charge in [0.05, 0.1) is 11.4 Å². The van der Waals surface area contributed by atoms with Gasteiger partial charge < -0.3 is 15.5 Å². The van der Waals surface area contributed by atoms with Gasteiger partial charge in [0.2, 0.25) is 5.91 Å². The number of amides is 1. The molecule has 4 nitrogen and oxygen atoms in total. The largest absolute Gasteiger partial charge is 0.369 e. The maximum Gasteiger partial charge on any atom is 0.250 e. The number of nitrogens with zero attached hydrogens (tertiary/aromatic N) is 1. The van der Waals surface area contributed by atoms with Crippen molar-refractivity contribution in [2.75, 3.05) is 30.8 Å². The Bertz CT molecular complexity index is 421. The van der Waals surface area contributed by atoms with Crippen molar-refractivity contribution in [1.29, 1.82) is 0 Å². The smallest absolute Gasteiger partial charge is 0.250 e. The number of carbonyl (C=O) groups excluding carboxylic acids is 1.